The Bertz CT molecular complexity index is 708. The number of hydrogen-bond acceptors (Lipinski definition) is 3. The molecule has 2 amide bonds. The number of nitrogens with one attached hydrogen (secondary N) is 2. The van der Waals surface area contributed by atoms with E-state index >= 15 is 0 Å². The van der Waals surface area contributed by atoms with Crippen LogP contribution in [0, 0.1) is 37.0 Å². The molecule has 0 aliphatic heterocycles. The zero-order valence-electron chi connectivity index (χ0n) is 16.3. The molecule has 0 atom stereocenters. The molecule has 146 valence electrons. The fraction of sp³-hybridized carbons (Fsp3) is 0.636. The monoisotopic (exact) mass is 370 g/mol. The summed E-state index contributed by atoms with van der Waals surface area (Å²) in [7, 11) is 0. The summed E-state index contributed by atoms with van der Waals surface area (Å²) in [6.45, 7) is 3.87. The van der Waals surface area contributed by atoms with E-state index in [9.17, 15) is 9.59 Å². The van der Waals surface area contributed by atoms with Crippen molar-refractivity contribution in [3.8, 4) is 5.75 Å². The predicted molar refractivity (Wildman–Crippen MR) is 103 cm³/mol. The number of hydrazine groups is 1. The SMILES string of the molecule is Cc1cccc(OCC(=O)NNC(=O)CC23CC4CC(CC(C4)C2)C3)c1C. The van der Waals surface area contributed by atoms with Gasteiger partial charge in [-0.05, 0) is 92.7 Å². The first kappa shape index (κ1) is 18.3. The Labute approximate surface area is 161 Å². The van der Waals surface area contributed by atoms with Crippen LogP contribution >= 0.6 is 0 Å². The van der Waals surface area contributed by atoms with E-state index in [1.54, 1.807) is 0 Å². The van der Waals surface area contributed by atoms with Gasteiger partial charge in [0, 0.05) is 6.42 Å². The molecule has 0 unspecified atom stereocenters. The molecule has 0 saturated heterocycles. The van der Waals surface area contributed by atoms with Gasteiger partial charge in [-0.25, -0.2) is 0 Å². The minimum absolute atomic E-state index is 0.0722. The van der Waals surface area contributed by atoms with Gasteiger partial charge in [0.15, 0.2) is 6.61 Å². The van der Waals surface area contributed by atoms with E-state index in [4.69, 9.17) is 4.74 Å². The first-order valence-electron chi connectivity index (χ1n) is 10.2. The van der Waals surface area contributed by atoms with Gasteiger partial charge in [0.05, 0.1) is 0 Å². The molecule has 4 fully saturated rings. The Balaban J connectivity index is 1.23. The maximum atomic E-state index is 12.4. The van der Waals surface area contributed by atoms with Crippen LogP contribution in [0.15, 0.2) is 18.2 Å². The van der Waals surface area contributed by atoms with Gasteiger partial charge in [0.2, 0.25) is 5.91 Å². The second-order valence-electron chi connectivity index (χ2n) is 9.18. The molecule has 4 aliphatic carbocycles. The fourth-order valence-corrected chi connectivity index (χ4v) is 6.09. The zero-order valence-corrected chi connectivity index (χ0v) is 16.3. The number of amides is 2. The van der Waals surface area contributed by atoms with Gasteiger partial charge in [-0.3, -0.25) is 20.4 Å². The fourth-order valence-electron chi connectivity index (χ4n) is 6.09. The summed E-state index contributed by atoms with van der Waals surface area (Å²) in [5.41, 5.74) is 7.43. The third kappa shape index (κ3) is 3.97. The van der Waals surface area contributed by atoms with Crippen LogP contribution in [0.25, 0.3) is 0 Å². The number of carbonyl (C=O) groups excluding carboxylic acids is 2. The lowest BCUT2D eigenvalue weighted by Crippen LogP contribution is -2.50. The van der Waals surface area contributed by atoms with Crippen molar-refractivity contribution >= 4 is 11.8 Å². The maximum absolute atomic E-state index is 12.4. The van der Waals surface area contributed by atoms with Gasteiger partial charge < -0.3 is 4.74 Å². The van der Waals surface area contributed by atoms with Crippen molar-refractivity contribution in [2.75, 3.05) is 6.61 Å². The van der Waals surface area contributed by atoms with Crippen molar-refractivity contribution in [2.24, 2.45) is 23.2 Å². The normalized spacial score (nSPS) is 30.8. The largest absolute Gasteiger partial charge is 0.483 e. The third-order valence-corrected chi connectivity index (χ3v) is 6.96. The Hall–Kier alpha value is -2.04. The second-order valence-corrected chi connectivity index (χ2v) is 9.18. The van der Waals surface area contributed by atoms with Crippen molar-refractivity contribution < 1.29 is 14.3 Å². The highest BCUT2D eigenvalue weighted by Gasteiger charge is 2.51. The van der Waals surface area contributed by atoms with E-state index in [1.807, 2.05) is 32.0 Å². The molecule has 4 saturated carbocycles. The van der Waals surface area contributed by atoms with Crippen molar-refractivity contribution in [3.05, 3.63) is 29.3 Å². The highest BCUT2D eigenvalue weighted by atomic mass is 16.5. The van der Waals surface area contributed by atoms with E-state index in [0.29, 0.717) is 12.2 Å². The van der Waals surface area contributed by atoms with Crippen LogP contribution < -0.4 is 15.6 Å². The minimum atomic E-state index is -0.338. The molecule has 0 aromatic heterocycles. The quantitative estimate of drug-likeness (QED) is 0.780. The van der Waals surface area contributed by atoms with Gasteiger partial charge in [-0.1, -0.05) is 12.1 Å². The summed E-state index contributed by atoms with van der Waals surface area (Å²) in [5, 5.41) is 0. The Morgan fingerprint density at radius 3 is 2.22 bits per heavy atom. The van der Waals surface area contributed by atoms with E-state index in [0.717, 1.165) is 28.9 Å². The lowest BCUT2D eigenvalue weighted by molar-refractivity contribution is -0.134. The molecule has 5 heteroatoms. The van der Waals surface area contributed by atoms with Gasteiger partial charge in [-0.15, -0.1) is 0 Å². The second kappa shape index (κ2) is 7.17. The minimum Gasteiger partial charge on any atom is -0.483 e. The average Bonchev–Trinajstić information content (AvgIpc) is 2.59. The molecule has 5 nitrogen and oxygen atoms in total. The van der Waals surface area contributed by atoms with E-state index in [-0.39, 0.29) is 23.8 Å². The van der Waals surface area contributed by atoms with Crippen molar-refractivity contribution in [2.45, 2.75) is 58.8 Å². The molecule has 0 spiro atoms. The first-order chi connectivity index (χ1) is 12.9. The van der Waals surface area contributed by atoms with Crippen LogP contribution in [0.4, 0.5) is 0 Å². The Morgan fingerprint density at radius 2 is 1.59 bits per heavy atom. The van der Waals surface area contributed by atoms with Crippen LogP contribution in [0.3, 0.4) is 0 Å². The van der Waals surface area contributed by atoms with Crippen LogP contribution in [0.5, 0.6) is 5.75 Å². The number of benzene rings is 1. The zero-order chi connectivity index (χ0) is 19.0. The molecule has 1 aromatic carbocycles. The summed E-state index contributed by atoms with van der Waals surface area (Å²) in [4.78, 5) is 24.5. The summed E-state index contributed by atoms with van der Waals surface area (Å²) in [5.74, 6) is 2.76. The van der Waals surface area contributed by atoms with Gasteiger partial charge >= 0.3 is 0 Å². The number of ether oxygens (including phenoxy) is 1. The maximum Gasteiger partial charge on any atom is 0.276 e. The standard InChI is InChI=1S/C22H30N2O3/c1-14-4-3-5-19(15(14)2)27-13-21(26)24-23-20(25)12-22-9-16-6-17(10-22)8-18(7-16)11-22/h3-5,16-18H,6-13H2,1-2H3,(H,23,25)(H,24,26). The molecule has 4 aliphatic rings. The Morgan fingerprint density at radius 1 is 1.00 bits per heavy atom. The first-order valence-corrected chi connectivity index (χ1v) is 10.2. The smallest absolute Gasteiger partial charge is 0.276 e. The summed E-state index contributed by atoms with van der Waals surface area (Å²) in [6, 6.07) is 5.76. The molecule has 1 aromatic rings. The van der Waals surface area contributed by atoms with Gasteiger partial charge in [-0.2, -0.15) is 0 Å². The van der Waals surface area contributed by atoms with Crippen LogP contribution in [0.2, 0.25) is 0 Å². The van der Waals surface area contributed by atoms with Crippen molar-refractivity contribution in [1.82, 2.24) is 10.9 Å². The van der Waals surface area contributed by atoms with Crippen molar-refractivity contribution in [1.29, 1.82) is 0 Å². The van der Waals surface area contributed by atoms with Crippen LogP contribution in [-0.2, 0) is 9.59 Å². The molecule has 0 heterocycles. The molecule has 5 rings (SSSR count). The molecule has 27 heavy (non-hydrogen) atoms. The average molecular weight is 370 g/mol. The number of carbonyl (C=O) groups is 2. The molecular weight excluding hydrogens is 340 g/mol. The van der Waals surface area contributed by atoms with E-state index in [1.165, 1.54) is 38.5 Å². The highest BCUT2D eigenvalue weighted by Crippen LogP contribution is 2.61. The predicted octanol–water partition coefficient (Wildman–Crippen LogP) is 3.44. The van der Waals surface area contributed by atoms with E-state index < -0.39 is 0 Å². The topological polar surface area (TPSA) is 67.4 Å². The van der Waals surface area contributed by atoms with Crippen molar-refractivity contribution in [3.63, 3.8) is 0 Å². The molecular formula is C22H30N2O3. The lowest BCUT2D eigenvalue weighted by atomic mass is 9.49. The molecule has 0 radical (unpaired) electrons. The summed E-state index contributed by atoms with van der Waals surface area (Å²) >= 11 is 0. The van der Waals surface area contributed by atoms with Crippen LogP contribution in [-0.4, -0.2) is 18.4 Å². The molecule has 4 bridgehead atoms. The third-order valence-electron chi connectivity index (χ3n) is 6.96. The number of aryl methyl sites for hydroxylation is 1. The number of hydrogen-bond donors (Lipinski definition) is 2. The lowest BCUT2D eigenvalue weighted by Gasteiger charge is -2.56. The van der Waals surface area contributed by atoms with Crippen LogP contribution in [0.1, 0.15) is 56.1 Å². The van der Waals surface area contributed by atoms with E-state index in [2.05, 4.69) is 10.9 Å². The van der Waals surface area contributed by atoms with Gasteiger partial charge in [0.25, 0.3) is 5.91 Å². The number of rotatable bonds is 5. The highest BCUT2D eigenvalue weighted by molar-refractivity contribution is 5.83. The van der Waals surface area contributed by atoms with Gasteiger partial charge in [0.1, 0.15) is 5.75 Å². The summed E-state index contributed by atoms with van der Waals surface area (Å²) < 4.78 is 5.58. The Kier molecular flexibility index (Phi) is 4.87. The molecule has 2 N–H and O–H groups in total. The summed E-state index contributed by atoms with van der Waals surface area (Å²) in [6.07, 6.45) is 8.21.